The molecular weight excluding hydrogens is 188 g/mol. The van der Waals surface area contributed by atoms with Gasteiger partial charge in [0, 0.05) is 19.2 Å². The molecule has 90 valence electrons. The highest BCUT2D eigenvalue weighted by molar-refractivity contribution is 4.77. The molecule has 1 rings (SSSR count). The molecule has 3 heteroatoms. The minimum Gasteiger partial charge on any atom is -0.380 e. The molecule has 0 unspecified atom stereocenters. The van der Waals surface area contributed by atoms with Gasteiger partial charge in [0.25, 0.3) is 0 Å². The van der Waals surface area contributed by atoms with Gasteiger partial charge < -0.3 is 10.1 Å². The van der Waals surface area contributed by atoms with Gasteiger partial charge in [0.15, 0.2) is 0 Å². The summed E-state index contributed by atoms with van der Waals surface area (Å²) in [5, 5.41) is 3.42. The summed E-state index contributed by atoms with van der Waals surface area (Å²) in [4.78, 5) is 2.61. The van der Waals surface area contributed by atoms with Crippen LogP contribution in [-0.2, 0) is 4.74 Å². The molecule has 0 saturated carbocycles. The molecule has 1 aliphatic rings. The average molecular weight is 214 g/mol. The SMILES string of the molecule is CCCN(CCOCC)C1CCNCC1. The second-order valence-electron chi connectivity index (χ2n) is 4.21. The number of ether oxygens (including phenoxy) is 1. The normalized spacial score (nSPS) is 18.6. The van der Waals surface area contributed by atoms with Crippen molar-refractivity contribution < 1.29 is 4.74 Å². The van der Waals surface area contributed by atoms with Crippen LogP contribution in [0.3, 0.4) is 0 Å². The molecule has 1 saturated heterocycles. The van der Waals surface area contributed by atoms with Crippen LogP contribution < -0.4 is 5.32 Å². The summed E-state index contributed by atoms with van der Waals surface area (Å²) in [6.07, 6.45) is 3.84. The summed E-state index contributed by atoms with van der Waals surface area (Å²) < 4.78 is 5.44. The number of nitrogens with one attached hydrogen (secondary N) is 1. The van der Waals surface area contributed by atoms with Gasteiger partial charge in [-0.25, -0.2) is 0 Å². The zero-order valence-electron chi connectivity index (χ0n) is 10.3. The van der Waals surface area contributed by atoms with E-state index in [4.69, 9.17) is 4.74 Å². The molecule has 0 spiro atoms. The fraction of sp³-hybridized carbons (Fsp3) is 1.00. The lowest BCUT2D eigenvalue weighted by Crippen LogP contribution is -2.44. The van der Waals surface area contributed by atoms with Crippen molar-refractivity contribution in [3.8, 4) is 0 Å². The minimum absolute atomic E-state index is 0.784. The van der Waals surface area contributed by atoms with Crippen LogP contribution in [0, 0.1) is 0 Å². The molecular formula is C12H26N2O. The van der Waals surface area contributed by atoms with Gasteiger partial charge in [0.1, 0.15) is 0 Å². The van der Waals surface area contributed by atoms with Gasteiger partial charge in [-0.15, -0.1) is 0 Å². The summed E-state index contributed by atoms with van der Waals surface area (Å²) in [5.41, 5.74) is 0. The third kappa shape index (κ3) is 4.96. The summed E-state index contributed by atoms with van der Waals surface area (Å²) in [6.45, 7) is 10.7. The monoisotopic (exact) mass is 214 g/mol. The van der Waals surface area contributed by atoms with Crippen LogP contribution in [0.4, 0.5) is 0 Å². The van der Waals surface area contributed by atoms with Gasteiger partial charge in [-0.05, 0) is 45.8 Å². The Kier molecular flexibility index (Phi) is 6.98. The Morgan fingerprint density at radius 2 is 1.93 bits per heavy atom. The quantitative estimate of drug-likeness (QED) is 0.650. The molecule has 0 aromatic carbocycles. The summed E-state index contributed by atoms with van der Waals surface area (Å²) >= 11 is 0. The first-order valence-electron chi connectivity index (χ1n) is 6.41. The van der Waals surface area contributed by atoms with Crippen LogP contribution >= 0.6 is 0 Å². The van der Waals surface area contributed by atoms with Gasteiger partial charge >= 0.3 is 0 Å². The zero-order chi connectivity index (χ0) is 10.9. The molecule has 0 aromatic heterocycles. The highest BCUT2D eigenvalue weighted by atomic mass is 16.5. The van der Waals surface area contributed by atoms with E-state index >= 15 is 0 Å². The van der Waals surface area contributed by atoms with Crippen molar-refractivity contribution in [2.75, 3.05) is 39.4 Å². The van der Waals surface area contributed by atoms with E-state index in [1.165, 1.54) is 38.9 Å². The molecule has 1 fully saturated rings. The Hall–Kier alpha value is -0.120. The molecule has 3 nitrogen and oxygen atoms in total. The molecule has 0 atom stereocenters. The maximum atomic E-state index is 5.44. The van der Waals surface area contributed by atoms with Crippen LogP contribution in [0.15, 0.2) is 0 Å². The lowest BCUT2D eigenvalue weighted by molar-refractivity contribution is 0.0844. The summed E-state index contributed by atoms with van der Waals surface area (Å²) in [7, 11) is 0. The fourth-order valence-corrected chi connectivity index (χ4v) is 2.26. The van der Waals surface area contributed by atoms with E-state index < -0.39 is 0 Å². The van der Waals surface area contributed by atoms with Gasteiger partial charge in [0.2, 0.25) is 0 Å². The highest BCUT2D eigenvalue weighted by Crippen LogP contribution is 2.11. The van der Waals surface area contributed by atoms with Crippen LogP contribution in [0.5, 0.6) is 0 Å². The van der Waals surface area contributed by atoms with Crippen molar-refractivity contribution in [2.24, 2.45) is 0 Å². The molecule has 0 radical (unpaired) electrons. The maximum Gasteiger partial charge on any atom is 0.0593 e. The number of hydrogen-bond acceptors (Lipinski definition) is 3. The van der Waals surface area contributed by atoms with E-state index in [0.717, 1.165) is 25.8 Å². The minimum atomic E-state index is 0.784. The van der Waals surface area contributed by atoms with E-state index in [2.05, 4.69) is 24.1 Å². The zero-order valence-corrected chi connectivity index (χ0v) is 10.3. The maximum absolute atomic E-state index is 5.44. The van der Waals surface area contributed by atoms with E-state index in [9.17, 15) is 0 Å². The first kappa shape index (κ1) is 12.9. The number of piperidine rings is 1. The Labute approximate surface area is 94.2 Å². The third-order valence-electron chi connectivity index (χ3n) is 3.06. The van der Waals surface area contributed by atoms with E-state index in [-0.39, 0.29) is 0 Å². The first-order valence-corrected chi connectivity index (χ1v) is 6.41. The van der Waals surface area contributed by atoms with Crippen LogP contribution in [0.1, 0.15) is 33.1 Å². The molecule has 1 N–H and O–H groups in total. The third-order valence-corrected chi connectivity index (χ3v) is 3.06. The molecule has 0 amide bonds. The van der Waals surface area contributed by atoms with E-state index in [1.807, 2.05) is 0 Å². The fourth-order valence-electron chi connectivity index (χ4n) is 2.26. The predicted octanol–water partition coefficient (Wildman–Crippen LogP) is 1.49. The highest BCUT2D eigenvalue weighted by Gasteiger charge is 2.19. The predicted molar refractivity (Wildman–Crippen MR) is 64.2 cm³/mol. The van der Waals surface area contributed by atoms with Crippen molar-refractivity contribution >= 4 is 0 Å². The molecule has 0 bridgehead atoms. The second kappa shape index (κ2) is 8.08. The topological polar surface area (TPSA) is 24.5 Å². The number of rotatable bonds is 7. The molecule has 15 heavy (non-hydrogen) atoms. The lowest BCUT2D eigenvalue weighted by atomic mass is 10.0. The van der Waals surface area contributed by atoms with Crippen LogP contribution in [0.2, 0.25) is 0 Å². The summed E-state index contributed by atoms with van der Waals surface area (Å²) in [6, 6.07) is 0.784. The molecule has 0 aliphatic carbocycles. The Morgan fingerprint density at radius 1 is 1.20 bits per heavy atom. The van der Waals surface area contributed by atoms with E-state index in [0.29, 0.717) is 0 Å². The first-order chi connectivity index (χ1) is 7.38. The second-order valence-corrected chi connectivity index (χ2v) is 4.21. The van der Waals surface area contributed by atoms with Crippen LogP contribution in [0.25, 0.3) is 0 Å². The summed E-state index contributed by atoms with van der Waals surface area (Å²) in [5.74, 6) is 0. The molecule has 1 heterocycles. The lowest BCUT2D eigenvalue weighted by Gasteiger charge is -2.34. The standard InChI is InChI=1S/C12H26N2O/c1-3-9-14(10-11-15-4-2)12-5-7-13-8-6-12/h12-13H,3-11H2,1-2H3. The van der Waals surface area contributed by atoms with Crippen molar-refractivity contribution in [1.82, 2.24) is 10.2 Å². The number of nitrogens with zero attached hydrogens (tertiary/aromatic N) is 1. The Bertz CT molecular complexity index is 147. The van der Waals surface area contributed by atoms with Crippen LogP contribution in [-0.4, -0.2) is 50.3 Å². The van der Waals surface area contributed by atoms with Gasteiger partial charge in [-0.3, -0.25) is 4.90 Å². The van der Waals surface area contributed by atoms with Crippen molar-refractivity contribution in [3.63, 3.8) is 0 Å². The van der Waals surface area contributed by atoms with Crippen molar-refractivity contribution in [3.05, 3.63) is 0 Å². The molecule has 0 aromatic rings. The average Bonchev–Trinajstić information content (AvgIpc) is 2.29. The van der Waals surface area contributed by atoms with Gasteiger partial charge in [0.05, 0.1) is 6.61 Å². The Morgan fingerprint density at radius 3 is 2.53 bits per heavy atom. The van der Waals surface area contributed by atoms with Crippen molar-refractivity contribution in [1.29, 1.82) is 0 Å². The van der Waals surface area contributed by atoms with Gasteiger partial charge in [-0.1, -0.05) is 6.92 Å². The molecule has 1 aliphatic heterocycles. The largest absolute Gasteiger partial charge is 0.380 e. The van der Waals surface area contributed by atoms with Gasteiger partial charge in [-0.2, -0.15) is 0 Å². The van der Waals surface area contributed by atoms with E-state index in [1.54, 1.807) is 0 Å². The van der Waals surface area contributed by atoms with Crippen molar-refractivity contribution in [2.45, 2.75) is 39.2 Å². The Balaban J connectivity index is 2.26. The smallest absolute Gasteiger partial charge is 0.0593 e. The number of hydrogen-bond donors (Lipinski definition) is 1.